The number of hydrogen-bond donors (Lipinski definition) is 1. The lowest BCUT2D eigenvalue weighted by molar-refractivity contribution is 0.237. The number of benzene rings is 2. The summed E-state index contributed by atoms with van der Waals surface area (Å²) in [6.07, 6.45) is 0.832. The summed E-state index contributed by atoms with van der Waals surface area (Å²) in [6, 6.07) is 10.8. The monoisotopic (exact) mass is 290 g/mol. The maximum Gasteiger partial charge on any atom is 0.159 e. The maximum absolute atomic E-state index is 13.0. The van der Waals surface area contributed by atoms with Crippen molar-refractivity contribution in [2.75, 3.05) is 6.26 Å². The summed E-state index contributed by atoms with van der Waals surface area (Å²) < 4.78 is 25.8. The molecule has 2 rings (SSSR count). The van der Waals surface area contributed by atoms with E-state index in [0.29, 0.717) is 0 Å². The van der Waals surface area contributed by atoms with Crippen molar-refractivity contribution in [1.82, 2.24) is 0 Å². The van der Waals surface area contributed by atoms with Crippen molar-refractivity contribution in [3.8, 4) is 11.8 Å². The van der Waals surface area contributed by atoms with Gasteiger partial charge in [-0.05, 0) is 48.2 Å². The normalized spacial score (nSPS) is 11.6. The molecule has 0 aliphatic carbocycles. The molecule has 4 heteroatoms. The second-order valence-electron chi connectivity index (χ2n) is 4.07. The Hall–Kier alpha value is -1.83. The molecule has 1 unspecified atom stereocenters. The van der Waals surface area contributed by atoms with Gasteiger partial charge in [0.1, 0.15) is 6.10 Å². The van der Waals surface area contributed by atoms with E-state index in [9.17, 15) is 13.9 Å². The van der Waals surface area contributed by atoms with Crippen LogP contribution in [0.4, 0.5) is 8.78 Å². The van der Waals surface area contributed by atoms with Gasteiger partial charge in [-0.25, -0.2) is 8.78 Å². The van der Waals surface area contributed by atoms with Gasteiger partial charge < -0.3 is 5.11 Å². The zero-order valence-electron chi connectivity index (χ0n) is 10.7. The minimum atomic E-state index is -1.15. The molecule has 20 heavy (non-hydrogen) atoms. The highest BCUT2D eigenvalue weighted by Gasteiger charge is 2.08. The molecule has 102 valence electrons. The molecule has 0 radical (unpaired) electrons. The number of hydrogen-bond acceptors (Lipinski definition) is 2. The fourth-order valence-electron chi connectivity index (χ4n) is 1.59. The van der Waals surface area contributed by atoms with Crippen LogP contribution < -0.4 is 0 Å². The van der Waals surface area contributed by atoms with Crippen LogP contribution in [-0.4, -0.2) is 11.4 Å². The van der Waals surface area contributed by atoms with Gasteiger partial charge in [-0.3, -0.25) is 0 Å². The van der Waals surface area contributed by atoms with Crippen molar-refractivity contribution in [1.29, 1.82) is 0 Å². The SMILES string of the molecule is CSc1ccc(C#CC(O)c2ccc(F)c(F)c2)cc1. The van der Waals surface area contributed by atoms with E-state index < -0.39 is 17.7 Å². The van der Waals surface area contributed by atoms with Crippen molar-refractivity contribution >= 4 is 11.8 Å². The van der Waals surface area contributed by atoms with Gasteiger partial charge in [-0.2, -0.15) is 0 Å². The predicted octanol–water partition coefficient (Wildman–Crippen LogP) is 3.77. The maximum atomic E-state index is 13.0. The molecule has 0 aliphatic heterocycles. The first-order valence-corrected chi connectivity index (χ1v) is 7.11. The molecule has 0 saturated heterocycles. The lowest BCUT2D eigenvalue weighted by atomic mass is 10.1. The van der Waals surface area contributed by atoms with Crippen molar-refractivity contribution in [2.45, 2.75) is 11.0 Å². The lowest BCUT2D eigenvalue weighted by Crippen LogP contribution is -1.96. The fraction of sp³-hybridized carbons (Fsp3) is 0.125. The lowest BCUT2D eigenvalue weighted by Gasteiger charge is -2.03. The van der Waals surface area contributed by atoms with E-state index in [4.69, 9.17) is 0 Å². The fourth-order valence-corrected chi connectivity index (χ4v) is 2.00. The molecule has 2 aromatic rings. The van der Waals surface area contributed by atoms with Crippen LogP contribution in [0.5, 0.6) is 0 Å². The highest BCUT2D eigenvalue weighted by Crippen LogP contribution is 2.17. The first kappa shape index (κ1) is 14.6. The second kappa shape index (κ2) is 6.56. The molecular weight excluding hydrogens is 278 g/mol. The third kappa shape index (κ3) is 3.60. The van der Waals surface area contributed by atoms with Gasteiger partial charge in [0.05, 0.1) is 0 Å². The van der Waals surface area contributed by atoms with Crippen LogP contribution >= 0.6 is 11.8 Å². The molecule has 0 spiro atoms. The Labute approximate surface area is 120 Å². The summed E-state index contributed by atoms with van der Waals surface area (Å²) in [5.41, 5.74) is 0.988. The number of halogens is 2. The van der Waals surface area contributed by atoms with Gasteiger partial charge in [-0.15, -0.1) is 11.8 Å². The van der Waals surface area contributed by atoms with E-state index in [-0.39, 0.29) is 5.56 Å². The molecular formula is C16H12F2OS. The first-order chi connectivity index (χ1) is 9.60. The van der Waals surface area contributed by atoms with E-state index in [2.05, 4.69) is 11.8 Å². The quantitative estimate of drug-likeness (QED) is 0.671. The number of aliphatic hydroxyl groups is 1. The molecule has 2 aromatic carbocycles. The predicted molar refractivity (Wildman–Crippen MR) is 76.4 cm³/mol. The molecule has 0 aliphatic rings. The van der Waals surface area contributed by atoms with Crippen molar-refractivity contribution in [2.24, 2.45) is 0 Å². The third-order valence-electron chi connectivity index (χ3n) is 2.70. The van der Waals surface area contributed by atoms with Crippen molar-refractivity contribution in [3.05, 3.63) is 65.2 Å². The first-order valence-electron chi connectivity index (χ1n) is 5.89. The zero-order valence-corrected chi connectivity index (χ0v) is 11.5. The Morgan fingerprint density at radius 3 is 2.35 bits per heavy atom. The molecule has 1 nitrogen and oxygen atoms in total. The zero-order chi connectivity index (χ0) is 14.5. The third-order valence-corrected chi connectivity index (χ3v) is 3.45. The average molecular weight is 290 g/mol. The van der Waals surface area contributed by atoms with Gasteiger partial charge in [0, 0.05) is 10.5 Å². The van der Waals surface area contributed by atoms with Crippen LogP contribution in [0.25, 0.3) is 0 Å². The molecule has 0 amide bonds. The van der Waals surface area contributed by atoms with E-state index in [1.165, 1.54) is 6.07 Å². The summed E-state index contributed by atoms with van der Waals surface area (Å²) >= 11 is 1.63. The van der Waals surface area contributed by atoms with E-state index in [0.717, 1.165) is 22.6 Å². The Kier molecular flexibility index (Phi) is 4.78. The minimum Gasteiger partial charge on any atom is -0.376 e. The largest absolute Gasteiger partial charge is 0.376 e. The number of thioether (sulfide) groups is 1. The van der Waals surface area contributed by atoms with Crippen LogP contribution in [0.2, 0.25) is 0 Å². The highest BCUT2D eigenvalue weighted by molar-refractivity contribution is 7.98. The summed E-state index contributed by atoms with van der Waals surface area (Å²) in [5.74, 6) is 3.48. The molecule has 0 aromatic heterocycles. The standard InChI is InChI=1S/C16H12F2OS/c1-20-13-6-2-11(3-7-13)4-9-16(19)12-5-8-14(17)15(18)10-12/h2-3,5-8,10,16,19H,1H3. The Bertz CT molecular complexity index is 656. The second-order valence-corrected chi connectivity index (χ2v) is 4.95. The Morgan fingerprint density at radius 2 is 1.75 bits per heavy atom. The molecule has 0 heterocycles. The Morgan fingerprint density at radius 1 is 1.05 bits per heavy atom. The van der Waals surface area contributed by atoms with Gasteiger partial charge in [-0.1, -0.05) is 17.9 Å². The molecule has 1 N–H and O–H groups in total. The molecule has 0 saturated carbocycles. The minimum absolute atomic E-state index is 0.233. The summed E-state index contributed by atoms with van der Waals surface area (Å²) in [7, 11) is 0. The highest BCUT2D eigenvalue weighted by atomic mass is 32.2. The van der Waals surface area contributed by atoms with Crippen LogP contribution in [0.3, 0.4) is 0 Å². The van der Waals surface area contributed by atoms with Crippen molar-refractivity contribution < 1.29 is 13.9 Å². The van der Waals surface area contributed by atoms with Gasteiger partial charge in [0.25, 0.3) is 0 Å². The average Bonchev–Trinajstić information content (AvgIpc) is 2.48. The number of aliphatic hydroxyl groups excluding tert-OH is 1. The topological polar surface area (TPSA) is 20.2 Å². The van der Waals surface area contributed by atoms with Gasteiger partial charge >= 0.3 is 0 Å². The van der Waals surface area contributed by atoms with E-state index in [1.54, 1.807) is 11.8 Å². The molecule has 0 fully saturated rings. The van der Waals surface area contributed by atoms with Crippen LogP contribution in [0.1, 0.15) is 17.2 Å². The smallest absolute Gasteiger partial charge is 0.159 e. The summed E-state index contributed by atoms with van der Waals surface area (Å²) in [4.78, 5) is 1.12. The number of rotatable bonds is 2. The summed E-state index contributed by atoms with van der Waals surface area (Å²) in [6.45, 7) is 0. The van der Waals surface area contributed by atoms with E-state index >= 15 is 0 Å². The van der Waals surface area contributed by atoms with Gasteiger partial charge in [0.15, 0.2) is 11.6 Å². The summed E-state index contributed by atoms with van der Waals surface area (Å²) in [5, 5.41) is 9.83. The van der Waals surface area contributed by atoms with Crippen LogP contribution in [-0.2, 0) is 0 Å². The molecule has 0 bridgehead atoms. The molecule has 1 atom stereocenters. The van der Waals surface area contributed by atoms with Crippen LogP contribution in [0, 0.1) is 23.5 Å². The van der Waals surface area contributed by atoms with Crippen LogP contribution in [0.15, 0.2) is 47.4 Å². The Balaban J connectivity index is 2.16. The van der Waals surface area contributed by atoms with E-state index in [1.807, 2.05) is 30.5 Å². The van der Waals surface area contributed by atoms with Crippen molar-refractivity contribution in [3.63, 3.8) is 0 Å². The van der Waals surface area contributed by atoms with Gasteiger partial charge in [0.2, 0.25) is 0 Å².